The van der Waals surface area contributed by atoms with E-state index in [9.17, 15) is 0 Å². The van der Waals surface area contributed by atoms with Crippen LogP contribution in [0.15, 0.2) is 96.1 Å². The molecule has 2 nitrogen and oxygen atoms in total. The number of hydrogen-bond acceptors (Lipinski definition) is 2. The van der Waals surface area contributed by atoms with Crippen LogP contribution in [0.2, 0.25) is 0 Å². The van der Waals surface area contributed by atoms with E-state index in [-0.39, 0.29) is 12.2 Å². The van der Waals surface area contributed by atoms with Gasteiger partial charge in [0.25, 0.3) is 0 Å². The molecule has 0 saturated heterocycles. The summed E-state index contributed by atoms with van der Waals surface area (Å²) >= 11 is 1.06. The monoisotopic (exact) mass is 624 g/mol. The van der Waals surface area contributed by atoms with Gasteiger partial charge in [-0.05, 0) is 27.7 Å². The Hall–Kier alpha value is -1.94. The van der Waals surface area contributed by atoms with Gasteiger partial charge in [-0.1, -0.05) is 84.6 Å². The van der Waals surface area contributed by atoms with Gasteiger partial charge in [-0.2, -0.15) is 23.3 Å². The summed E-state index contributed by atoms with van der Waals surface area (Å²) in [6.07, 6.45) is 18.7. The molecule has 0 aromatic heterocycles. The van der Waals surface area contributed by atoms with E-state index in [1.54, 1.807) is 27.7 Å². The quantitative estimate of drug-likeness (QED) is 0.299. The zero-order valence-electron chi connectivity index (χ0n) is 21.2. The molecule has 34 heavy (non-hydrogen) atoms. The van der Waals surface area contributed by atoms with Crippen molar-refractivity contribution in [3.05, 3.63) is 119 Å². The van der Waals surface area contributed by atoms with Crippen LogP contribution in [0.5, 0.6) is 0 Å². The molecular weight excluding hydrogens is 583 g/mol. The van der Waals surface area contributed by atoms with E-state index in [1.807, 2.05) is 0 Å². The van der Waals surface area contributed by atoms with E-state index in [2.05, 4.69) is 101 Å². The Kier molecular flexibility index (Phi) is 20.4. The van der Waals surface area contributed by atoms with Gasteiger partial charge in [-0.25, -0.2) is 12.2 Å². The van der Waals surface area contributed by atoms with Crippen molar-refractivity contribution in [3.63, 3.8) is 0 Å². The third kappa shape index (κ3) is 19.5. The van der Waals surface area contributed by atoms with E-state index >= 15 is 0 Å². The molecule has 3 heteroatoms. The molecule has 2 aliphatic carbocycles. The van der Waals surface area contributed by atoms with Crippen LogP contribution < -0.4 is 0 Å². The Morgan fingerprint density at radius 2 is 0.971 bits per heavy atom. The fourth-order valence-corrected chi connectivity index (χ4v) is 2.79. The Morgan fingerprint density at radius 3 is 1.21 bits per heavy atom. The molecular formula is C31H40HfO2. The molecule has 0 heterocycles. The number of aliphatic hydroxyl groups excluding tert-OH is 2. The molecule has 0 unspecified atom stereocenters. The van der Waals surface area contributed by atoms with Crippen LogP contribution >= 0.6 is 0 Å². The van der Waals surface area contributed by atoms with Crippen molar-refractivity contribution in [2.45, 2.75) is 65.6 Å². The predicted octanol–water partition coefficient (Wildman–Crippen LogP) is 6.58. The van der Waals surface area contributed by atoms with E-state index in [4.69, 9.17) is 10.2 Å². The molecule has 2 N–H and O–H groups in total. The normalized spacial score (nSPS) is 12.8. The van der Waals surface area contributed by atoms with Gasteiger partial charge in [0.1, 0.15) is 0 Å². The summed E-state index contributed by atoms with van der Waals surface area (Å²) in [5, 5.41) is 16.1. The number of aliphatic hydroxyl groups is 2. The topological polar surface area (TPSA) is 40.5 Å². The molecule has 2 aromatic rings. The van der Waals surface area contributed by atoms with Crippen molar-refractivity contribution in [1.82, 2.24) is 0 Å². The van der Waals surface area contributed by atoms with Crippen LogP contribution in [0, 0.1) is 12.2 Å². The predicted molar refractivity (Wildman–Crippen MR) is 143 cm³/mol. The van der Waals surface area contributed by atoms with Gasteiger partial charge in [0.15, 0.2) is 0 Å². The van der Waals surface area contributed by atoms with Crippen molar-refractivity contribution in [3.8, 4) is 0 Å². The molecule has 0 atom stereocenters. The fourth-order valence-electron chi connectivity index (χ4n) is 2.79. The van der Waals surface area contributed by atoms with Crippen LogP contribution in [0.25, 0.3) is 0 Å². The molecule has 0 aliphatic heterocycles. The van der Waals surface area contributed by atoms with Crippen LogP contribution in [0.4, 0.5) is 0 Å². The second-order valence-electron chi connectivity index (χ2n) is 8.18. The van der Waals surface area contributed by atoms with Crippen LogP contribution in [0.3, 0.4) is 0 Å². The third-order valence-electron chi connectivity index (χ3n) is 4.04. The summed E-state index contributed by atoms with van der Waals surface area (Å²) in [5.74, 6) is 0. The van der Waals surface area contributed by atoms with Crippen LogP contribution in [-0.2, 0) is 36.7 Å². The molecule has 4 rings (SSSR count). The summed E-state index contributed by atoms with van der Waals surface area (Å²) in [6, 6.07) is 21.1. The average Bonchev–Trinajstić information content (AvgIpc) is 3.51. The van der Waals surface area contributed by atoms with E-state index in [0.717, 1.165) is 49.6 Å². The SMILES string of the molecule is CC(C)O.CC(C)O.[C-]1=CC(Cc2ccccc2)=CC1.[C-]1=CC(Cc2ccccc2)=CC1.[CH2]=[Hf+2]. The molecule has 0 saturated carbocycles. The number of allylic oxidation sites excluding steroid dienone is 8. The van der Waals surface area contributed by atoms with Gasteiger partial charge < -0.3 is 10.2 Å². The molecule has 0 bridgehead atoms. The Bertz CT molecular complexity index is 784. The first-order chi connectivity index (χ1) is 16.4. The van der Waals surface area contributed by atoms with Crippen molar-refractivity contribution in [2.75, 3.05) is 0 Å². The van der Waals surface area contributed by atoms with Crippen molar-refractivity contribution >= 4 is 4.26 Å². The van der Waals surface area contributed by atoms with Gasteiger partial charge in [-0.15, -0.1) is 12.8 Å². The van der Waals surface area contributed by atoms with E-state index < -0.39 is 0 Å². The Balaban J connectivity index is 0.000000466. The molecule has 180 valence electrons. The standard InChI is InChI=1S/2C12H11.2C3H8O.CH2.Hf/c2*1-2-6-11(7-3-1)10-12-8-4-5-9-12;2*1-3(2)4;;/h2*1-3,6-9H,4,10H2;2*3-4H,1-2H3;1H2;/q2*-1;;;;+2. The molecule has 0 fully saturated rings. The van der Waals surface area contributed by atoms with Crippen molar-refractivity contribution in [1.29, 1.82) is 0 Å². The molecule has 2 aliphatic rings. The van der Waals surface area contributed by atoms with Gasteiger partial charge in [0, 0.05) is 12.2 Å². The van der Waals surface area contributed by atoms with E-state index in [0.29, 0.717) is 0 Å². The summed E-state index contributed by atoms with van der Waals surface area (Å²) in [7, 11) is 0. The fraction of sp³-hybridized carbons (Fsp3) is 0.323. The maximum absolute atomic E-state index is 8.06. The van der Waals surface area contributed by atoms with Crippen molar-refractivity contribution in [2.24, 2.45) is 0 Å². The number of benzene rings is 2. The molecule has 0 spiro atoms. The number of rotatable bonds is 4. The second-order valence-corrected chi connectivity index (χ2v) is 8.18. The summed E-state index contributed by atoms with van der Waals surface area (Å²) < 4.78 is 3.39. The van der Waals surface area contributed by atoms with Crippen LogP contribution in [-0.4, -0.2) is 26.7 Å². The first-order valence-corrected chi connectivity index (χ1v) is 14.2. The third-order valence-corrected chi connectivity index (χ3v) is 4.04. The zero-order chi connectivity index (χ0) is 25.6. The van der Waals surface area contributed by atoms with Crippen molar-refractivity contribution < 1.29 is 34.1 Å². The minimum absolute atomic E-state index is 0.167. The first-order valence-electron chi connectivity index (χ1n) is 11.7. The summed E-state index contributed by atoms with van der Waals surface area (Å²) in [6.45, 7) is 6.89. The first kappa shape index (κ1) is 32.1. The molecule has 0 amide bonds. The number of hydrogen-bond donors (Lipinski definition) is 2. The second kappa shape index (κ2) is 21.6. The van der Waals surface area contributed by atoms with E-state index in [1.165, 1.54) is 22.3 Å². The minimum atomic E-state index is -0.167. The van der Waals surface area contributed by atoms with Crippen LogP contribution in [0.1, 0.15) is 51.7 Å². The molecule has 0 radical (unpaired) electrons. The average molecular weight is 623 g/mol. The van der Waals surface area contributed by atoms with Gasteiger partial charge >= 0.3 is 28.2 Å². The zero-order valence-corrected chi connectivity index (χ0v) is 24.8. The van der Waals surface area contributed by atoms with Gasteiger partial charge in [-0.3, -0.25) is 12.2 Å². The maximum atomic E-state index is 8.06. The molecule has 2 aromatic carbocycles. The van der Waals surface area contributed by atoms with Gasteiger partial charge in [0.2, 0.25) is 0 Å². The summed E-state index contributed by atoms with van der Waals surface area (Å²) in [5.41, 5.74) is 5.54. The van der Waals surface area contributed by atoms with Gasteiger partial charge in [0.05, 0.1) is 0 Å². The Morgan fingerprint density at radius 1 is 0.676 bits per heavy atom. The Labute approximate surface area is 222 Å². The summed E-state index contributed by atoms with van der Waals surface area (Å²) in [4.78, 5) is 0.